The summed E-state index contributed by atoms with van der Waals surface area (Å²) in [5.41, 5.74) is 1.65. The molecule has 0 aromatic heterocycles. The molecule has 1 aromatic carbocycles. The lowest BCUT2D eigenvalue weighted by Crippen LogP contribution is -2.52. The zero-order valence-corrected chi connectivity index (χ0v) is 16.8. The molecule has 0 bridgehead atoms. The number of imide groups is 1. The number of amides is 3. The minimum absolute atomic E-state index is 0.0961. The van der Waals surface area contributed by atoms with E-state index in [2.05, 4.69) is 5.32 Å². The van der Waals surface area contributed by atoms with Crippen LogP contribution >= 0.6 is 11.8 Å². The average molecular weight is 404 g/mol. The van der Waals surface area contributed by atoms with Crippen LogP contribution in [0, 0.1) is 6.92 Å². The Bertz CT molecular complexity index is 805. The number of carbonyl (C=O) groups is 3. The second kappa shape index (κ2) is 7.40. The molecular formula is C20H24N2O5S. The number of benzene rings is 1. The fourth-order valence-electron chi connectivity index (χ4n) is 4.12. The smallest absolute Gasteiger partial charge is 0.289 e. The van der Waals surface area contributed by atoms with Gasteiger partial charge in [0.15, 0.2) is 0 Å². The standard InChI is InChI=1S/C20H24N2O5S/c1-12-3-4-16-14(9-12)15(10-20(27-16)5-7-26-8-6-20)21-18(24)13(2)22-17(23)11-28-19(22)25/h3-4,9,13,15H,5-8,10-11H2,1-2H3,(H,21,24). The van der Waals surface area contributed by atoms with Crippen LogP contribution in [0.1, 0.15) is 43.4 Å². The van der Waals surface area contributed by atoms with Crippen LogP contribution in [0.15, 0.2) is 18.2 Å². The molecule has 0 aliphatic carbocycles. The van der Waals surface area contributed by atoms with Crippen LogP contribution in [-0.2, 0) is 14.3 Å². The van der Waals surface area contributed by atoms with Gasteiger partial charge in [-0.2, -0.15) is 0 Å². The topological polar surface area (TPSA) is 84.9 Å². The van der Waals surface area contributed by atoms with Crippen LogP contribution in [0.2, 0.25) is 0 Å². The third-order valence-corrected chi connectivity index (χ3v) is 6.55. The highest BCUT2D eigenvalue weighted by atomic mass is 32.2. The number of aryl methyl sites for hydroxylation is 1. The van der Waals surface area contributed by atoms with E-state index in [1.165, 1.54) is 0 Å². The molecule has 28 heavy (non-hydrogen) atoms. The van der Waals surface area contributed by atoms with Crippen molar-refractivity contribution in [1.29, 1.82) is 0 Å². The Kier molecular flexibility index (Phi) is 5.09. The lowest BCUT2D eigenvalue weighted by atomic mass is 9.81. The van der Waals surface area contributed by atoms with E-state index < -0.39 is 6.04 Å². The van der Waals surface area contributed by atoms with Gasteiger partial charge in [0.25, 0.3) is 5.24 Å². The predicted molar refractivity (Wildman–Crippen MR) is 104 cm³/mol. The van der Waals surface area contributed by atoms with Crippen molar-refractivity contribution in [2.24, 2.45) is 0 Å². The molecule has 8 heteroatoms. The van der Waals surface area contributed by atoms with Gasteiger partial charge in [-0.05, 0) is 19.9 Å². The second-order valence-corrected chi connectivity index (χ2v) is 8.62. The number of rotatable bonds is 3. The van der Waals surface area contributed by atoms with Gasteiger partial charge >= 0.3 is 0 Å². The molecule has 3 heterocycles. The predicted octanol–water partition coefficient (Wildman–Crippen LogP) is 2.57. The number of ether oxygens (including phenoxy) is 2. The van der Waals surface area contributed by atoms with Crippen molar-refractivity contribution in [1.82, 2.24) is 10.2 Å². The molecule has 0 radical (unpaired) electrons. The molecule has 7 nitrogen and oxygen atoms in total. The van der Waals surface area contributed by atoms with Crippen LogP contribution in [-0.4, -0.2) is 52.6 Å². The molecular weight excluding hydrogens is 380 g/mol. The molecule has 3 amide bonds. The molecule has 3 aliphatic heterocycles. The van der Waals surface area contributed by atoms with Gasteiger partial charge in [0.2, 0.25) is 11.8 Å². The van der Waals surface area contributed by atoms with E-state index in [-0.39, 0.29) is 34.4 Å². The SMILES string of the molecule is Cc1ccc2c(c1)C(NC(=O)C(C)N1C(=O)CSC1=O)CC1(CCOCC1)O2. The number of hydrogen-bond donors (Lipinski definition) is 1. The molecule has 2 unspecified atom stereocenters. The molecule has 3 aliphatic rings. The molecule has 1 aromatic rings. The second-order valence-electron chi connectivity index (χ2n) is 7.70. The normalized spacial score (nSPS) is 24.6. The van der Waals surface area contributed by atoms with Gasteiger partial charge in [-0.15, -0.1) is 0 Å². The maximum atomic E-state index is 12.9. The van der Waals surface area contributed by atoms with Crippen LogP contribution < -0.4 is 10.1 Å². The maximum absolute atomic E-state index is 12.9. The highest BCUT2D eigenvalue weighted by Crippen LogP contribution is 2.44. The van der Waals surface area contributed by atoms with Gasteiger partial charge in [0.05, 0.1) is 25.0 Å². The average Bonchev–Trinajstić information content (AvgIpc) is 3.00. The lowest BCUT2D eigenvalue weighted by Gasteiger charge is -2.44. The van der Waals surface area contributed by atoms with Gasteiger partial charge in [0.1, 0.15) is 17.4 Å². The first-order valence-electron chi connectivity index (χ1n) is 9.55. The summed E-state index contributed by atoms with van der Waals surface area (Å²) in [6.45, 7) is 4.86. The van der Waals surface area contributed by atoms with Crippen molar-refractivity contribution in [3.05, 3.63) is 29.3 Å². The third kappa shape index (κ3) is 3.51. The fraction of sp³-hybridized carbons (Fsp3) is 0.550. The molecule has 2 atom stereocenters. The van der Waals surface area contributed by atoms with Gasteiger partial charge < -0.3 is 14.8 Å². The summed E-state index contributed by atoms with van der Waals surface area (Å²) in [5.74, 6) is 0.229. The molecule has 2 fully saturated rings. The zero-order chi connectivity index (χ0) is 19.9. The number of nitrogens with zero attached hydrogens (tertiary/aromatic N) is 1. The largest absolute Gasteiger partial charge is 0.487 e. The first-order chi connectivity index (χ1) is 13.4. The van der Waals surface area contributed by atoms with E-state index >= 15 is 0 Å². The van der Waals surface area contributed by atoms with E-state index in [9.17, 15) is 14.4 Å². The molecule has 1 spiro atoms. The Morgan fingerprint density at radius 2 is 2.07 bits per heavy atom. The molecule has 4 rings (SSSR count). The summed E-state index contributed by atoms with van der Waals surface area (Å²) in [4.78, 5) is 37.9. The van der Waals surface area contributed by atoms with Crippen molar-refractivity contribution in [2.75, 3.05) is 19.0 Å². The highest BCUT2D eigenvalue weighted by Gasteiger charge is 2.44. The summed E-state index contributed by atoms with van der Waals surface area (Å²) < 4.78 is 11.9. The summed E-state index contributed by atoms with van der Waals surface area (Å²) in [7, 11) is 0. The van der Waals surface area contributed by atoms with Crippen LogP contribution in [0.5, 0.6) is 5.75 Å². The van der Waals surface area contributed by atoms with E-state index in [0.717, 1.165) is 46.4 Å². The van der Waals surface area contributed by atoms with Crippen molar-refractivity contribution < 1.29 is 23.9 Å². The van der Waals surface area contributed by atoms with E-state index in [1.807, 2.05) is 25.1 Å². The maximum Gasteiger partial charge on any atom is 0.289 e. The quantitative estimate of drug-likeness (QED) is 0.834. The molecule has 2 saturated heterocycles. The Hall–Kier alpha value is -2.06. The molecule has 150 valence electrons. The summed E-state index contributed by atoms with van der Waals surface area (Å²) in [6, 6.07) is 4.90. The Morgan fingerprint density at radius 1 is 1.32 bits per heavy atom. The number of nitrogens with one attached hydrogen (secondary N) is 1. The monoisotopic (exact) mass is 404 g/mol. The van der Waals surface area contributed by atoms with Crippen molar-refractivity contribution in [2.45, 2.75) is 50.8 Å². The number of fused-ring (bicyclic) bond motifs is 1. The Morgan fingerprint density at radius 3 is 2.75 bits per heavy atom. The van der Waals surface area contributed by atoms with E-state index in [1.54, 1.807) is 6.92 Å². The summed E-state index contributed by atoms with van der Waals surface area (Å²) in [6.07, 6.45) is 2.17. The lowest BCUT2D eigenvalue weighted by molar-refractivity contribution is -0.135. The Balaban J connectivity index is 1.58. The van der Waals surface area contributed by atoms with Crippen molar-refractivity contribution in [3.63, 3.8) is 0 Å². The fourth-order valence-corrected chi connectivity index (χ4v) is 4.90. The van der Waals surface area contributed by atoms with Gasteiger partial charge in [0, 0.05) is 24.8 Å². The summed E-state index contributed by atoms with van der Waals surface area (Å²) in [5, 5.41) is 2.71. The minimum Gasteiger partial charge on any atom is -0.487 e. The van der Waals surface area contributed by atoms with Gasteiger partial charge in [-0.25, -0.2) is 0 Å². The minimum atomic E-state index is -0.836. The first kappa shape index (κ1) is 19.3. The summed E-state index contributed by atoms with van der Waals surface area (Å²) >= 11 is 0.937. The number of hydrogen-bond acceptors (Lipinski definition) is 6. The van der Waals surface area contributed by atoms with Crippen LogP contribution in [0.3, 0.4) is 0 Å². The van der Waals surface area contributed by atoms with Crippen LogP contribution in [0.25, 0.3) is 0 Å². The van der Waals surface area contributed by atoms with Gasteiger partial charge in [-0.3, -0.25) is 19.3 Å². The van der Waals surface area contributed by atoms with E-state index in [4.69, 9.17) is 9.47 Å². The van der Waals surface area contributed by atoms with Gasteiger partial charge in [-0.1, -0.05) is 29.5 Å². The zero-order valence-electron chi connectivity index (χ0n) is 16.0. The molecule has 0 saturated carbocycles. The third-order valence-electron chi connectivity index (χ3n) is 5.72. The first-order valence-corrected chi connectivity index (χ1v) is 10.5. The van der Waals surface area contributed by atoms with E-state index in [0.29, 0.717) is 19.6 Å². The van der Waals surface area contributed by atoms with Crippen molar-refractivity contribution in [3.8, 4) is 5.75 Å². The Labute approximate surface area is 168 Å². The highest BCUT2D eigenvalue weighted by molar-refractivity contribution is 8.14. The van der Waals surface area contributed by atoms with Crippen LogP contribution in [0.4, 0.5) is 4.79 Å². The number of carbonyl (C=O) groups excluding carboxylic acids is 3. The number of thioether (sulfide) groups is 1. The van der Waals surface area contributed by atoms with Crippen molar-refractivity contribution >= 4 is 28.8 Å². The molecule has 1 N–H and O–H groups in total.